The van der Waals surface area contributed by atoms with E-state index in [1.807, 2.05) is 23.5 Å². The highest BCUT2D eigenvalue weighted by molar-refractivity contribution is 8.14. The second-order valence-electron chi connectivity index (χ2n) is 5.05. The summed E-state index contributed by atoms with van der Waals surface area (Å²) in [4.78, 5) is 8.95. The molecular weight excluding hydrogens is 288 g/mol. The predicted molar refractivity (Wildman–Crippen MR) is 93.2 cm³/mol. The first-order valence-electron chi connectivity index (χ1n) is 7.77. The number of hydrogen-bond acceptors (Lipinski definition) is 6. The van der Waals surface area contributed by atoms with Crippen molar-refractivity contribution < 1.29 is 0 Å². The molecule has 2 N–H and O–H groups in total. The van der Waals surface area contributed by atoms with Gasteiger partial charge in [0.15, 0.2) is 10.3 Å². The molecule has 0 aliphatic carbocycles. The summed E-state index contributed by atoms with van der Waals surface area (Å²) in [5.74, 6) is 2.40. The van der Waals surface area contributed by atoms with Crippen LogP contribution in [0.4, 0.5) is 0 Å². The van der Waals surface area contributed by atoms with Crippen molar-refractivity contribution in [3.8, 4) is 0 Å². The lowest BCUT2D eigenvalue weighted by molar-refractivity contribution is 0.711. The van der Waals surface area contributed by atoms with Gasteiger partial charge in [-0.1, -0.05) is 36.4 Å². The van der Waals surface area contributed by atoms with Crippen LogP contribution in [0.5, 0.6) is 0 Å². The van der Waals surface area contributed by atoms with Crippen LogP contribution in [-0.2, 0) is 0 Å². The van der Waals surface area contributed by atoms with E-state index in [4.69, 9.17) is 0 Å². The predicted octanol–water partition coefficient (Wildman–Crippen LogP) is 2.71. The number of aliphatic imine (C=N–C) groups is 2. The van der Waals surface area contributed by atoms with Gasteiger partial charge in [-0.3, -0.25) is 9.98 Å². The molecule has 2 aliphatic rings. The van der Waals surface area contributed by atoms with E-state index in [0.717, 1.165) is 36.5 Å². The van der Waals surface area contributed by atoms with Gasteiger partial charge in [-0.25, -0.2) is 0 Å². The molecule has 114 valence electrons. The Bertz CT molecular complexity index is 299. The van der Waals surface area contributed by atoms with Crippen LogP contribution in [0.2, 0.25) is 0 Å². The highest BCUT2D eigenvalue weighted by Crippen LogP contribution is 2.13. The molecule has 0 radical (unpaired) electrons. The first-order valence-corrected chi connectivity index (χ1v) is 9.74. The van der Waals surface area contributed by atoms with E-state index in [1.54, 1.807) is 0 Å². The zero-order valence-corrected chi connectivity index (χ0v) is 13.8. The van der Waals surface area contributed by atoms with Gasteiger partial charge in [0.05, 0.1) is 0 Å². The molecule has 0 bridgehead atoms. The maximum absolute atomic E-state index is 4.47. The van der Waals surface area contributed by atoms with Crippen LogP contribution >= 0.6 is 23.5 Å². The van der Waals surface area contributed by atoms with E-state index in [2.05, 4.69) is 20.6 Å². The third kappa shape index (κ3) is 6.88. The average Bonchev–Trinajstić information content (AvgIpc) is 2.52. The van der Waals surface area contributed by atoms with Crippen molar-refractivity contribution >= 4 is 33.9 Å². The van der Waals surface area contributed by atoms with Crippen molar-refractivity contribution in [2.45, 2.75) is 38.5 Å². The second-order valence-corrected chi connectivity index (χ2v) is 7.21. The zero-order valence-electron chi connectivity index (χ0n) is 12.2. The molecule has 0 amide bonds. The van der Waals surface area contributed by atoms with E-state index < -0.39 is 0 Å². The Labute approximate surface area is 131 Å². The molecule has 0 saturated carbocycles. The molecule has 6 heteroatoms. The van der Waals surface area contributed by atoms with Gasteiger partial charge < -0.3 is 10.6 Å². The fourth-order valence-corrected chi connectivity index (χ4v) is 3.97. The molecule has 2 heterocycles. The van der Waals surface area contributed by atoms with Gasteiger partial charge in [-0.15, -0.1) is 0 Å². The summed E-state index contributed by atoms with van der Waals surface area (Å²) in [6.07, 6.45) is 7.63. The lowest BCUT2D eigenvalue weighted by Gasteiger charge is -2.14. The molecule has 2 aliphatic heterocycles. The van der Waals surface area contributed by atoms with E-state index >= 15 is 0 Å². The first kappa shape index (κ1) is 16.0. The lowest BCUT2D eigenvalue weighted by Crippen LogP contribution is -2.27. The van der Waals surface area contributed by atoms with Crippen molar-refractivity contribution in [3.05, 3.63) is 0 Å². The standard InChI is InChI=1S/C14H26N4S2/c1(3-11-19-13-15-7-5-8-16-13)2-4-12-20-14-17-9-6-10-18-14/h1-12H2,(H,15,16)(H,17,18). The third-order valence-electron chi connectivity index (χ3n) is 3.25. The Hall–Kier alpha value is -0.360. The van der Waals surface area contributed by atoms with Gasteiger partial charge in [-0.2, -0.15) is 0 Å². The molecule has 0 saturated heterocycles. The summed E-state index contributed by atoms with van der Waals surface area (Å²) in [5.41, 5.74) is 0. The molecule has 2 rings (SSSR count). The van der Waals surface area contributed by atoms with Gasteiger partial charge in [0.2, 0.25) is 0 Å². The Morgan fingerprint density at radius 1 is 0.750 bits per heavy atom. The molecule has 0 unspecified atom stereocenters. The molecule has 0 aromatic carbocycles. The van der Waals surface area contributed by atoms with E-state index in [1.165, 1.54) is 50.0 Å². The summed E-state index contributed by atoms with van der Waals surface area (Å²) >= 11 is 3.78. The smallest absolute Gasteiger partial charge is 0.156 e. The molecule has 20 heavy (non-hydrogen) atoms. The molecule has 0 aromatic heterocycles. The second kappa shape index (κ2) is 10.4. The third-order valence-corrected chi connectivity index (χ3v) is 5.33. The minimum absolute atomic E-state index is 1.00. The Kier molecular flexibility index (Phi) is 8.31. The van der Waals surface area contributed by atoms with Crippen LogP contribution in [-0.4, -0.2) is 48.0 Å². The van der Waals surface area contributed by atoms with Crippen LogP contribution in [0.25, 0.3) is 0 Å². The quantitative estimate of drug-likeness (QED) is 0.709. The van der Waals surface area contributed by atoms with Gasteiger partial charge in [0.1, 0.15) is 0 Å². The van der Waals surface area contributed by atoms with Crippen LogP contribution < -0.4 is 10.6 Å². The fraction of sp³-hybridized carbons (Fsp3) is 0.857. The first-order chi connectivity index (χ1) is 9.95. The van der Waals surface area contributed by atoms with Crippen molar-refractivity contribution in [2.75, 3.05) is 37.7 Å². The van der Waals surface area contributed by atoms with E-state index in [-0.39, 0.29) is 0 Å². The van der Waals surface area contributed by atoms with Crippen LogP contribution in [0, 0.1) is 0 Å². The summed E-state index contributed by atoms with van der Waals surface area (Å²) in [7, 11) is 0. The van der Waals surface area contributed by atoms with E-state index in [9.17, 15) is 0 Å². The summed E-state index contributed by atoms with van der Waals surface area (Å²) in [5, 5.41) is 9.03. The van der Waals surface area contributed by atoms with Crippen molar-refractivity contribution in [1.82, 2.24) is 10.6 Å². The van der Waals surface area contributed by atoms with Crippen molar-refractivity contribution in [1.29, 1.82) is 0 Å². The van der Waals surface area contributed by atoms with Crippen LogP contribution in [0.1, 0.15) is 38.5 Å². The number of nitrogens with one attached hydrogen (secondary N) is 2. The Morgan fingerprint density at radius 2 is 1.25 bits per heavy atom. The van der Waals surface area contributed by atoms with E-state index in [0.29, 0.717) is 0 Å². The van der Waals surface area contributed by atoms with Crippen LogP contribution in [0.15, 0.2) is 9.98 Å². The van der Waals surface area contributed by atoms with Gasteiger partial charge in [0, 0.05) is 37.7 Å². The largest absolute Gasteiger partial charge is 0.365 e. The fourth-order valence-electron chi connectivity index (χ4n) is 2.11. The topological polar surface area (TPSA) is 48.8 Å². The van der Waals surface area contributed by atoms with Gasteiger partial charge in [0.25, 0.3) is 0 Å². The normalized spacial score (nSPS) is 18.8. The molecule has 4 nitrogen and oxygen atoms in total. The average molecular weight is 315 g/mol. The Morgan fingerprint density at radius 3 is 1.65 bits per heavy atom. The number of hydrogen-bond donors (Lipinski definition) is 2. The highest BCUT2D eigenvalue weighted by atomic mass is 32.2. The molecule has 0 spiro atoms. The minimum atomic E-state index is 1.00. The maximum atomic E-state index is 4.47. The summed E-state index contributed by atoms with van der Waals surface area (Å²) in [6, 6.07) is 0. The number of nitrogens with zero attached hydrogens (tertiary/aromatic N) is 2. The summed E-state index contributed by atoms with van der Waals surface area (Å²) < 4.78 is 0. The lowest BCUT2D eigenvalue weighted by atomic mass is 10.2. The number of amidine groups is 2. The molecular formula is C14H26N4S2. The Balaban J connectivity index is 1.38. The summed E-state index contributed by atoms with van der Waals surface area (Å²) in [6.45, 7) is 4.21. The minimum Gasteiger partial charge on any atom is -0.365 e. The number of rotatable bonds is 7. The van der Waals surface area contributed by atoms with Gasteiger partial charge in [-0.05, 0) is 25.7 Å². The molecule has 0 aromatic rings. The number of thioether (sulfide) groups is 2. The maximum Gasteiger partial charge on any atom is 0.156 e. The van der Waals surface area contributed by atoms with Gasteiger partial charge >= 0.3 is 0 Å². The number of unbranched alkanes of at least 4 members (excludes halogenated alkanes) is 3. The monoisotopic (exact) mass is 314 g/mol. The molecule has 0 atom stereocenters. The van der Waals surface area contributed by atoms with Crippen molar-refractivity contribution in [3.63, 3.8) is 0 Å². The SMILES string of the molecule is C(CCCSC1=NCCCN1)CCSC1=NCCCN1. The highest BCUT2D eigenvalue weighted by Gasteiger charge is 2.05. The zero-order chi connectivity index (χ0) is 13.9. The molecule has 0 fully saturated rings. The van der Waals surface area contributed by atoms with Crippen LogP contribution in [0.3, 0.4) is 0 Å². The van der Waals surface area contributed by atoms with Crippen molar-refractivity contribution in [2.24, 2.45) is 9.98 Å².